The van der Waals surface area contributed by atoms with Gasteiger partial charge in [-0.1, -0.05) is 36.4 Å². The van der Waals surface area contributed by atoms with Gasteiger partial charge in [0.1, 0.15) is 5.75 Å². The number of nitro benzene ring substituents is 1. The number of methoxy groups -OCH3 is 1. The minimum Gasteiger partial charge on any atom is -0.497 e. The second-order valence-electron chi connectivity index (χ2n) is 7.01. The van der Waals surface area contributed by atoms with Crippen LogP contribution in [0.2, 0.25) is 0 Å². The number of hydrogen-bond donors (Lipinski definition) is 1. The van der Waals surface area contributed by atoms with Crippen LogP contribution in [0.15, 0.2) is 72.8 Å². The molecule has 154 valence electrons. The summed E-state index contributed by atoms with van der Waals surface area (Å²) in [6.07, 6.45) is 0. The number of pyridine rings is 1. The molecule has 3 aromatic carbocycles. The van der Waals surface area contributed by atoms with Gasteiger partial charge in [0, 0.05) is 23.1 Å². The molecule has 0 fully saturated rings. The number of benzene rings is 3. The summed E-state index contributed by atoms with van der Waals surface area (Å²) in [7, 11) is 1.59. The summed E-state index contributed by atoms with van der Waals surface area (Å²) in [6.45, 7) is 1.78. The van der Waals surface area contributed by atoms with Crippen LogP contribution in [0.3, 0.4) is 0 Å². The monoisotopic (exact) mass is 413 g/mol. The number of anilines is 1. The van der Waals surface area contributed by atoms with Crippen molar-refractivity contribution < 1.29 is 14.5 Å². The molecule has 7 nitrogen and oxygen atoms in total. The highest BCUT2D eigenvalue weighted by Crippen LogP contribution is 2.29. The van der Waals surface area contributed by atoms with Gasteiger partial charge >= 0.3 is 0 Å². The Labute approximate surface area is 178 Å². The largest absolute Gasteiger partial charge is 0.497 e. The minimum atomic E-state index is -0.488. The lowest BCUT2D eigenvalue weighted by molar-refractivity contribution is -0.384. The van der Waals surface area contributed by atoms with Crippen LogP contribution in [-0.4, -0.2) is 22.9 Å². The van der Waals surface area contributed by atoms with Crippen LogP contribution in [-0.2, 0) is 0 Å². The molecule has 1 aromatic heterocycles. The van der Waals surface area contributed by atoms with Gasteiger partial charge < -0.3 is 10.1 Å². The second-order valence-corrected chi connectivity index (χ2v) is 7.01. The summed E-state index contributed by atoms with van der Waals surface area (Å²) >= 11 is 0. The van der Waals surface area contributed by atoms with Crippen LogP contribution in [0, 0.1) is 17.0 Å². The number of ether oxygens (including phenoxy) is 1. The molecule has 0 unspecified atom stereocenters. The molecule has 4 aromatic rings. The molecule has 1 N–H and O–H groups in total. The smallest absolute Gasteiger partial charge is 0.271 e. The van der Waals surface area contributed by atoms with E-state index in [4.69, 9.17) is 9.72 Å². The van der Waals surface area contributed by atoms with Crippen LogP contribution in [0.4, 0.5) is 11.4 Å². The van der Waals surface area contributed by atoms with E-state index in [-0.39, 0.29) is 11.6 Å². The lowest BCUT2D eigenvalue weighted by Gasteiger charge is -2.12. The average molecular weight is 413 g/mol. The van der Waals surface area contributed by atoms with Gasteiger partial charge in [0.2, 0.25) is 0 Å². The molecule has 0 aliphatic carbocycles. The Bertz CT molecular complexity index is 1320. The number of rotatable bonds is 5. The maximum absolute atomic E-state index is 13.2. The van der Waals surface area contributed by atoms with Crippen LogP contribution < -0.4 is 10.1 Å². The molecule has 0 spiro atoms. The lowest BCUT2D eigenvalue weighted by atomic mass is 10.0. The maximum Gasteiger partial charge on any atom is 0.271 e. The van der Waals surface area contributed by atoms with Gasteiger partial charge in [-0.2, -0.15) is 0 Å². The quantitative estimate of drug-likeness (QED) is 0.350. The van der Waals surface area contributed by atoms with E-state index in [9.17, 15) is 14.9 Å². The number of hydrogen-bond acceptors (Lipinski definition) is 5. The molecule has 1 heterocycles. The van der Waals surface area contributed by atoms with Gasteiger partial charge in [0.15, 0.2) is 0 Å². The number of amides is 1. The predicted molar refractivity (Wildman–Crippen MR) is 120 cm³/mol. The van der Waals surface area contributed by atoms with Crippen molar-refractivity contribution in [3.05, 3.63) is 94.0 Å². The molecule has 0 atom stereocenters. The summed E-state index contributed by atoms with van der Waals surface area (Å²) in [6, 6.07) is 20.9. The number of fused-ring (bicyclic) bond motifs is 1. The number of aryl methyl sites for hydroxylation is 1. The highest BCUT2D eigenvalue weighted by atomic mass is 16.6. The molecule has 7 heteroatoms. The molecular formula is C24H19N3O4. The Balaban J connectivity index is 1.80. The number of aromatic nitrogens is 1. The van der Waals surface area contributed by atoms with Gasteiger partial charge in [-0.15, -0.1) is 0 Å². The standard InChI is InChI=1S/C24H19N3O4/c1-15-10-11-17(27(29)30)13-22(15)26-24(28)20-14-23(16-6-5-7-18(12-16)31-2)25-21-9-4-3-8-19(20)21/h3-14H,1-2H3,(H,26,28). The summed E-state index contributed by atoms with van der Waals surface area (Å²) in [5, 5.41) is 14.6. The summed E-state index contributed by atoms with van der Waals surface area (Å²) in [5.74, 6) is 0.317. The number of non-ortho nitro benzene ring substituents is 1. The lowest BCUT2D eigenvalue weighted by Crippen LogP contribution is -2.14. The highest BCUT2D eigenvalue weighted by molar-refractivity contribution is 6.13. The minimum absolute atomic E-state index is 0.0856. The molecule has 4 rings (SSSR count). The van der Waals surface area contributed by atoms with Gasteiger partial charge in [-0.25, -0.2) is 4.98 Å². The number of nitrogens with zero attached hydrogens (tertiary/aromatic N) is 2. The molecule has 0 saturated heterocycles. The normalized spacial score (nSPS) is 10.6. The fraction of sp³-hybridized carbons (Fsp3) is 0.0833. The van der Waals surface area contributed by atoms with E-state index in [1.54, 1.807) is 26.2 Å². The van der Waals surface area contributed by atoms with E-state index >= 15 is 0 Å². The second kappa shape index (κ2) is 8.23. The van der Waals surface area contributed by atoms with Gasteiger partial charge in [0.25, 0.3) is 11.6 Å². The van der Waals surface area contributed by atoms with E-state index < -0.39 is 4.92 Å². The first-order valence-corrected chi connectivity index (χ1v) is 9.57. The van der Waals surface area contributed by atoms with Crippen LogP contribution in [0.5, 0.6) is 5.75 Å². The Morgan fingerprint density at radius 1 is 1.03 bits per heavy atom. The fourth-order valence-electron chi connectivity index (χ4n) is 3.34. The number of carbonyl (C=O) groups excluding carboxylic acids is 1. The van der Waals surface area contributed by atoms with E-state index in [0.29, 0.717) is 33.6 Å². The van der Waals surface area contributed by atoms with Crippen molar-refractivity contribution >= 4 is 28.2 Å². The molecule has 0 aliphatic heterocycles. The number of carbonyl (C=O) groups is 1. The van der Waals surface area contributed by atoms with Crippen LogP contribution >= 0.6 is 0 Å². The SMILES string of the molecule is COc1cccc(-c2cc(C(=O)Nc3cc([N+](=O)[O-])ccc3C)c3ccccc3n2)c1. The molecule has 31 heavy (non-hydrogen) atoms. The molecule has 1 amide bonds. The zero-order valence-corrected chi connectivity index (χ0v) is 17.0. The van der Waals surface area contributed by atoms with E-state index in [1.807, 2.05) is 48.5 Å². The van der Waals surface area contributed by atoms with E-state index in [1.165, 1.54) is 12.1 Å². The predicted octanol–water partition coefficient (Wildman–Crippen LogP) is 5.38. The molecule has 0 radical (unpaired) electrons. The molecular weight excluding hydrogens is 394 g/mol. The molecule has 0 aliphatic rings. The van der Waals surface area contributed by atoms with Gasteiger partial charge in [-0.3, -0.25) is 14.9 Å². The van der Waals surface area contributed by atoms with Gasteiger partial charge in [0.05, 0.1) is 34.5 Å². The first-order valence-electron chi connectivity index (χ1n) is 9.57. The summed E-state index contributed by atoms with van der Waals surface area (Å²) in [4.78, 5) is 28.6. The summed E-state index contributed by atoms with van der Waals surface area (Å²) < 4.78 is 5.30. The Morgan fingerprint density at radius 2 is 1.84 bits per heavy atom. The van der Waals surface area contributed by atoms with Crippen molar-refractivity contribution in [2.24, 2.45) is 0 Å². The van der Waals surface area contributed by atoms with E-state index in [0.717, 1.165) is 11.1 Å². The topological polar surface area (TPSA) is 94.4 Å². The first-order chi connectivity index (χ1) is 15.0. The summed E-state index contributed by atoms with van der Waals surface area (Å²) in [5.41, 5.74) is 3.56. The van der Waals surface area contributed by atoms with Gasteiger partial charge in [-0.05, 0) is 36.8 Å². The maximum atomic E-state index is 13.2. The third-order valence-electron chi connectivity index (χ3n) is 5.01. The zero-order valence-electron chi connectivity index (χ0n) is 17.0. The van der Waals surface area contributed by atoms with Crippen LogP contribution in [0.1, 0.15) is 15.9 Å². The van der Waals surface area contributed by atoms with Crippen molar-refractivity contribution in [3.63, 3.8) is 0 Å². The van der Waals surface area contributed by atoms with Crippen molar-refractivity contribution in [1.82, 2.24) is 4.98 Å². The van der Waals surface area contributed by atoms with Crippen molar-refractivity contribution in [2.75, 3.05) is 12.4 Å². The first kappa shape index (κ1) is 20.0. The Morgan fingerprint density at radius 3 is 2.61 bits per heavy atom. The average Bonchev–Trinajstić information content (AvgIpc) is 2.79. The van der Waals surface area contributed by atoms with Crippen molar-refractivity contribution in [1.29, 1.82) is 0 Å². The zero-order chi connectivity index (χ0) is 22.0. The Hall–Kier alpha value is -4.26. The van der Waals surface area contributed by atoms with Crippen molar-refractivity contribution in [2.45, 2.75) is 6.92 Å². The fourth-order valence-corrected chi connectivity index (χ4v) is 3.34. The van der Waals surface area contributed by atoms with E-state index in [2.05, 4.69) is 5.32 Å². The van der Waals surface area contributed by atoms with Crippen LogP contribution in [0.25, 0.3) is 22.2 Å². The number of para-hydroxylation sites is 1. The number of nitrogens with one attached hydrogen (secondary N) is 1. The Kier molecular flexibility index (Phi) is 5.32. The van der Waals surface area contributed by atoms with Crippen molar-refractivity contribution in [3.8, 4) is 17.0 Å². The third-order valence-corrected chi connectivity index (χ3v) is 5.01. The molecule has 0 bridgehead atoms. The molecule has 0 saturated carbocycles. The number of nitro groups is 1. The third kappa shape index (κ3) is 4.06. The highest BCUT2D eigenvalue weighted by Gasteiger charge is 2.17.